The number of benzene rings is 1. The van der Waals surface area contributed by atoms with Crippen LogP contribution in [0.4, 0.5) is 5.69 Å². The van der Waals surface area contributed by atoms with Gasteiger partial charge in [0.15, 0.2) is 0 Å². The molecule has 0 aromatic heterocycles. The first-order valence-corrected chi connectivity index (χ1v) is 4.81. The molecule has 0 heterocycles. The molecule has 3 heteroatoms. The van der Waals surface area contributed by atoms with E-state index in [0.717, 1.165) is 10.2 Å². The van der Waals surface area contributed by atoms with Crippen LogP contribution in [0.2, 0.25) is 0 Å². The Labute approximate surface area is 80.0 Å². The Morgan fingerprint density at radius 3 is 2.50 bits per heavy atom. The highest BCUT2D eigenvalue weighted by molar-refractivity contribution is 9.10. The van der Waals surface area contributed by atoms with Crippen LogP contribution in [0, 0.1) is 0 Å². The molecule has 0 aliphatic heterocycles. The predicted molar refractivity (Wildman–Crippen MR) is 51.9 cm³/mol. The monoisotopic (exact) mass is 227 g/mol. The first kappa shape index (κ1) is 8.08. The van der Waals surface area contributed by atoms with Crippen LogP contribution in [0.1, 0.15) is 12.8 Å². The van der Waals surface area contributed by atoms with Crippen molar-refractivity contribution in [2.24, 2.45) is 0 Å². The summed E-state index contributed by atoms with van der Waals surface area (Å²) in [6.45, 7) is 0. The second-order valence-corrected chi connectivity index (χ2v) is 3.84. The van der Waals surface area contributed by atoms with Crippen molar-refractivity contribution >= 4 is 21.6 Å². The molecule has 1 saturated carbocycles. The molecule has 2 rings (SSSR count). The van der Waals surface area contributed by atoms with Gasteiger partial charge in [0.25, 0.3) is 0 Å². The molecular weight excluding hydrogens is 218 g/mol. The van der Waals surface area contributed by atoms with E-state index in [1.807, 2.05) is 24.3 Å². The zero-order valence-corrected chi connectivity index (χ0v) is 8.17. The van der Waals surface area contributed by atoms with Crippen molar-refractivity contribution in [3.8, 4) is 0 Å². The fourth-order valence-electron chi connectivity index (χ4n) is 0.855. The fraction of sp³-hybridized carbons (Fsp3) is 0.333. The average molecular weight is 228 g/mol. The van der Waals surface area contributed by atoms with Gasteiger partial charge in [-0.05, 0) is 37.1 Å². The Morgan fingerprint density at radius 1 is 1.25 bits per heavy atom. The van der Waals surface area contributed by atoms with Gasteiger partial charge in [0.05, 0.1) is 11.8 Å². The van der Waals surface area contributed by atoms with Gasteiger partial charge in [-0.25, -0.2) is 0 Å². The van der Waals surface area contributed by atoms with E-state index in [9.17, 15) is 0 Å². The molecule has 1 N–H and O–H groups in total. The van der Waals surface area contributed by atoms with E-state index in [2.05, 4.69) is 21.4 Å². The summed E-state index contributed by atoms with van der Waals surface area (Å²) in [7, 11) is 0. The summed E-state index contributed by atoms with van der Waals surface area (Å²) in [5.74, 6) is 0. The summed E-state index contributed by atoms with van der Waals surface area (Å²) in [6.07, 6.45) is 2.81. The molecule has 1 fully saturated rings. The minimum atomic E-state index is 0.439. The van der Waals surface area contributed by atoms with Crippen molar-refractivity contribution in [1.82, 2.24) is 0 Å². The number of rotatable bonds is 3. The van der Waals surface area contributed by atoms with Crippen molar-refractivity contribution in [3.05, 3.63) is 28.7 Å². The highest BCUT2D eigenvalue weighted by Gasteiger charge is 2.22. The lowest BCUT2D eigenvalue weighted by Crippen LogP contribution is -2.02. The van der Waals surface area contributed by atoms with Crippen LogP contribution in [0.5, 0.6) is 0 Å². The van der Waals surface area contributed by atoms with Gasteiger partial charge in [-0.3, -0.25) is 10.3 Å². The second kappa shape index (κ2) is 3.46. The van der Waals surface area contributed by atoms with Gasteiger partial charge in [-0.2, -0.15) is 0 Å². The van der Waals surface area contributed by atoms with E-state index in [4.69, 9.17) is 4.84 Å². The fourth-order valence-corrected chi connectivity index (χ4v) is 1.12. The average Bonchev–Trinajstić information content (AvgIpc) is 2.87. The lowest BCUT2D eigenvalue weighted by molar-refractivity contribution is 0.178. The first-order chi connectivity index (χ1) is 5.84. The zero-order chi connectivity index (χ0) is 8.39. The van der Waals surface area contributed by atoms with Crippen molar-refractivity contribution in [1.29, 1.82) is 0 Å². The summed E-state index contributed by atoms with van der Waals surface area (Å²) in [6, 6.07) is 7.93. The molecule has 0 unspecified atom stereocenters. The molecule has 0 atom stereocenters. The molecular formula is C9H10BrNO. The molecule has 1 aliphatic carbocycles. The second-order valence-electron chi connectivity index (χ2n) is 2.93. The van der Waals surface area contributed by atoms with E-state index < -0.39 is 0 Å². The van der Waals surface area contributed by atoms with E-state index >= 15 is 0 Å². The molecule has 64 valence electrons. The highest BCUT2D eigenvalue weighted by atomic mass is 79.9. The molecule has 1 aromatic rings. The smallest absolute Gasteiger partial charge is 0.0855 e. The standard InChI is InChI=1S/C9H10BrNO/c10-7-1-3-8(4-2-7)11-12-9-5-6-9/h1-4,9,11H,5-6H2. The van der Waals surface area contributed by atoms with Gasteiger partial charge in [0.1, 0.15) is 0 Å². The topological polar surface area (TPSA) is 21.3 Å². The Hall–Kier alpha value is -0.540. The van der Waals surface area contributed by atoms with Crippen LogP contribution in [-0.4, -0.2) is 6.10 Å². The lowest BCUT2D eigenvalue weighted by atomic mass is 10.3. The summed E-state index contributed by atoms with van der Waals surface area (Å²) >= 11 is 3.37. The van der Waals surface area contributed by atoms with Gasteiger partial charge in [-0.15, -0.1) is 0 Å². The predicted octanol–water partition coefficient (Wildman–Crippen LogP) is 2.96. The normalized spacial score (nSPS) is 16.1. The zero-order valence-electron chi connectivity index (χ0n) is 6.59. The van der Waals surface area contributed by atoms with Crippen LogP contribution < -0.4 is 5.48 Å². The number of nitrogens with one attached hydrogen (secondary N) is 1. The third-order valence-corrected chi connectivity index (χ3v) is 2.24. The third kappa shape index (κ3) is 2.22. The van der Waals surface area contributed by atoms with Crippen LogP contribution >= 0.6 is 15.9 Å². The maximum absolute atomic E-state index is 5.31. The van der Waals surface area contributed by atoms with Crippen LogP contribution in [0.15, 0.2) is 28.7 Å². The van der Waals surface area contributed by atoms with Crippen molar-refractivity contribution in [2.75, 3.05) is 5.48 Å². The summed E-state index contributed by atoms with van der Waals surface area (Å²) in [4.78, 5) is 5.31. The molecule has 1 aliphatic rings. The molecule has 0 spiro atoms. The molecule has 0 bridgehead atoms. The van der Waals surface area contributed by atoms with Crippen molar-refractivity contribution in [2.45, 2.75) is 18.9 Å². The number of hydrogen-bond acceptors (Lipinski definition) is 2. The molecule has 0 radical (unpaired) electrons. The number of anilines is 1. The molecule has 0 amide bonds. The lowest BCUT2D eigenvalue weighted by Gasteiger charge is -2.04. The molecule has 0 saturated heterocycles. The molecule has 2 nitrogen and oxygen atoms in total. The number of halogens is 1. The van der Waals surface area contributed by atoms with Crippen LogP contribution in [0.25, 0.3) is 0 Å². The SMILES string of the molecule is Brc1ccc(NOC2CC2)cc1. The summed E-state index contributed by atoms with van der Waals surface area (Å²) < 4.78 is 1.08. The van der Waals surface area contributed by atoms with Gasteiger partial charge in [0.2, 0.25) is 0 Å². The third-order valence-electron chi connectivity index (χ3n) is 1.71. The van der Waals surface area contributed by atoms with Crippen LogP contribution in [0.3, 0.4) is 0 Å². The Morgan fingerprint density at radius 2 is 1.92 bits per heavy atom. The van der Waals surface area contributed by atoms with Crippen molar-refractivity contribution < 1.29 is 4.84 Å². The van der Waals surface area contributed by atoms with Gasteiger partial charge in [0, 0.05) is 4.47 Å². The minimum Gasteiger partial charge on any atom is -0.273 e. The van der Waals surface area contributed by atoms with Crippen LogP contribution in [-0.2, 0) is 4.84 Å². The Balaban J connectivity index is 1.89. The molecule has 1 aromatic carbocycles. The quantitative estimate of drug-likeness (QED) is 0.803. The Bertz CT molecular complexity index is 256. The minimum absolute atomic E-state index is 0.439. The van der Waals surface area contributed by atoms with E-state index in [1.54, 1.807) is 0 Å². The van der Waals surface area contributed by atoms with Crippen molar-refractivity contribution in [3.63, 3.8) is 0 Å². The van der Waals surface area contributed by atoms with E-state index in [0.29, 0.717) is 6.10 Å². The van der Waals surface area contributed by atoms with Gasteiger partial charge < -0.3 is 0 Å². The highest BCUT2D eigenvalue weighted by Crippen LogP contribution is 2.24. The Kier molecular flexibility index (Phi) is 2.33. The first-order valence-electron chi connectivity index (χ1n) is 4.02. The van der Waals surface area contributed by atoms with E-state index in [-0.39, 0.29) is 0 Å². The largest absolute Gasteiger partial charge is 0.273 e. The maximum atomic E-state index is 5.31. The molecule has 12 heavy (non-hydrogen) atoms. The van der Waals surface area contributed by atoms with Gasteiger partial charge in [-0.1, -0.05) is 15.9 Å². The van der Waals surface area contributed by atoms with E-state index in [1.165, 1.54) is 12.8 Å². The summed E-state index contributed by atoms with van der Waals surface area (Å²) in [5, 5.41) is 0. The van der Waals surface area contributed by atoms with Gasteiger partial charge >= 0.3 is 0 Å². The number of hydrogen-bond donors (Lipinski definition) is 1. The summed E-state index contributed by atoms with van der Waals surface area (Å²) in [5.41, 5.74) is 3.92. The maximum Gasteiger partial charge on any atom is 0.0855 e.